The average Bonchev–Trinajstić information content (AvgIpc) is 3.90. The molecule has 358 valence electrons. The Kier molecular flexibility index (Phi) is 9.64. The molecule has 0 saturated carbocycles. The predicted octanol–water partition coefficient (Wildman–Crippen LogP) is 20.7. The van der Waals surface area contributed by atoms with Crippen LogP contribution in [0.5, 0.6) is 11.5 Å². The van der Waals surface area contributed by atoms with Crippen LogP contribution in [0.4, 0.5) is 17.1 Å². The molecule has 0 atom stereocenters. The van der Waals surface area contributed by atoms with Gasteiger partial charge in [0.25, 0.3) is 0 Å². The lowest BCUT2D eigenvalue weighted by atomic mass is 9.87. The molecule has 77 heavy (non-hydrogen) atoms. The minimum absolute atomic E-state index is 0.813. The van der Waals surface area contributed by atoms with Crippen LogP contribution in [0.15, 0.2) is 279 Å². The van der Waals surface area contributed by atoms with Gasteiger partial charge in [0.2, 0.25) is 0 Å². The summed E-state index contributed by atoms with van der Waals surface area (Å²) in [6, 6.07) is 102. The van der Waals surface area contributed by atoms with Crippen molar-refractivity contribution in [3.05, 3.63) is 279 Å². The van der Waals surface area contributed by atoms with Gasteiger partial charge in [-0.2, -0.15) is 0 Å². The van der Waals surface area contributed by atoms with Crippen molar-refractivity contribution in [2.45, 2.75) is 0 Å². The van der Waals surface area contributed by atoms with E-state index in [2.05, 4.69) is 289 Å². The molecule has 0 saturated heterocycles. The summed E-state index contributed by atoms with van der Waals surface area (Å²) in [5.41, 5.74) is 18.4. The van der Waals surface area contributed by atoms with Crippen LogP contribution < -0.4 is 9.64 Å². The maximum atomic E-state index is 6.96. The third-order valence-electron chi connectivity index (χ3n) is 16.1. The van der Waals surface area contributed by atoms with Crippen LogP contribution in [-0.2, 0) is 0 Å². The fraction of sp³-hybridized carbons (Fsp3) is 0. The third-order valence-corrected chi connectivity index (χ3v) is 16.1. The number of para-hydroxylation sites is 1. The summed E-state index contributed by atoms with van der Waals surface area (Å²) in [6.07, 6.45) is 0. The monoisotopic (exact) mass is 978 g/mol. The summed E-state index contributed by atoms with van der Waals surface area (Å²) in [7, 11) is 0. The molecule has 2 heterocycles. The lowest BCUT2D eigenvalue weighted by Gasteiger charge is -2.34. The highest BCUT2D eigenvalue weighted by molar-refractivity contribution is 6.27. The smallest absolute Gasteiger partial charge is 0.159 e. The van der Waals surface area contributed by atoms with Crippen LogP contribution in [0.3, 0.4) is 0 Å². The molecule has 16 rings (SSSR count). The van der Waals surface area contributed by atoms with Crippen molar-refractivity contribution in [3.63, 3.8) is 0 Å². The van der Waals surface area contributed by atoms with Gasteiger partial charge in [-0.1, -0.05) is 212 Å². The van der Waals surface area contributed by atoms with Gasteiger partial charge in [-0.15, -0.1) is 0 Å². The van der Waals surface area contributed by atoms with Gasteiger partial charge in [0.1, 0.15) is 0 Å². The fourth-order valence-electron chi connectivity index (χ4n) is 12.5. The Balaban J connectivity index is 0.807. The Labute approximate surface area is 445 Å². The number of aromatic nitrogens is 1. The Bertz CT molecular complexity index is 4840. The van der Waals surface area contributed by atoms with Crippen molar-refractivity contribution in [2.75, 3.05) is 4.90 Å². The van der Waals surface area contributed by atoms with Crippen molar-refractivity contribution in [1.82, 2.24) is 4.57 Å². The van der Waals surface area contributed by atoms with Gasteiger partial charge in [0.05, 0.1) is 22.4 Å². The lowest BCUT2D eigenvalue weighted by Crippen LogP contribution is -2.16. The second-order valence-electron chi connectivity index (χ2n) is 20.4. The molecule has 3 heteroatoms. The first-order valence-electron chi connectivity index (χ1n) is 26.5. The third kappa shape index (κ3) is 6.91. The normalized spacial score (nSPS) is 12.2. The molecule has 0 unspecified atom stereocenters. The number of ether oxygens (including phenoxy) is 1. The van der Waals surface area contributed by atoms with Crippen LogP contribution in [-0.4, -0.2) is 4.57 Å². The van der Waals surface area contributed by atoms with Gasteiger partial charge in [-0.05, 0) is 160 Å². The second-order valence-corrected chi connectivity index (χ2v) is 20.4. The molecule has 0 fully saturated rings. The number of hydrogen-bond donors (Lipinski definition) is 0. The van der Waals surface area contributed by atoms with E-state index >= 15 is 0 Å². The van der Waals surface area contributed by atoms with Crippen molar-refractivity contribution in [1.29, 1.82) is 0 Å². The summed E-state index contributed by atoms with van der Waals surface area (Å²) in [6.45, 7) is 0. The van der Waals surface area contributed by atoms with Crippen LogP contribution in [0.1, 0.15) is 0 Å². The van der Waals surface area contributed by atoms with Gasteiger partial charge < -0.3 is 14.2 Å². The molecule has 0 amide bonds. The van der Waals surface area contributed by atoms with E-state index in [-0.39, 0.29) is 0 Å². The van der Waals surface area contributed by atoms with E-state index in [0.29, 0.717) is 0 Å². The maximum absolute atomic E-state index is 6.96. The highest BCUT2D eigenvalue weighted by atomic mass is 16.5. The summed E-state index contributed by atoms with van der Waals surface area (Å²) in [5.74, 6) is 1.67. The van der Waals surface area contributed by atoms with Gasteiger partial charge in [-0.3, -0.25) is 0 Å². The molecule has 1 aromatic heterocycles. The van der Waals surface area contributed by atoms with Crippen LogP contribution >= 0.6 is 0 Å². The SMILES string of the molecule is c1ccc(-c2cccc(-c3cccc(N4c5cc(-c6ccc7c(c6)c6ccccc6n7-c6cccc(-c7ccc8ccc9c(-c%10ccccc%10)ccc%10ccc7c8c%109)c6)ccc5Oc5c4ccc4ccccc54)c3)c2)cc1. The number of nitrogens with zero attached hydrogens (tertiary/aromatic N) is 2. The van der Waals surface area contributed by atoms with Crippen molar-refractivity contribution in [3.8, 4) is 72.8 Å². The zero-order valence-electron chi connectivity index (χ0n) is 41.9. The summed E-state index contributed by atoms with van der Waals surface area (Å²) in [5, 5.41) is 12.4. The highest BCUT2D eigenvalue weighted by Crippen LogP contribution is 2.54. The molecule has 15 aromatic rings. The molecule has 0 radical (unpaired) electrons. The molecule has 1 aliphatic rings. The van der Waals surface area contributed by atoms with E-state index in [1.54, 1.807) is 0 Å². The number of benzene rings is 14. The van der Waals surface area contributed by atoms with Crippen molar-refractivity contribution >= 4 is 82.0 Å². The summed E-state index contributed by atoms with van der Waals surface area (Å²) in [4.78, 5) is 2.38. The predicted molar refractivity (Wildman–Crippen MR) is 324 cm³/mol. The number of rotatable bonds is 7. The Hall–Kier alpha value is -10.2. The first-order valence-corrected chi connectivity index (χ1v) is 26.5. The first-order chi connectivity index (χ1) is 38.2. The molecule has 1 aliphatic heterocycles. The molecule has 0 spiro atoms. The van der Waals surface area contributed by atoms with E-state index in [1.807, 2.05) is 0 Å². The molecular formula is C74H46N2O. The van der Waals surface area contributed by atoms with E-state index in [9.17, 15) is 0 Å². The van der Waals surface area contributed by atoms with E-state index in [4.69, 9.17) is 4.74 Å². The zero-order chi connectivity index (χ0) is 50.6. The Morgan fingerprint density at radius 3 is 1.57 bits per heavy atom. The maximum Gasteiger partial charge on any atom is 0.159 e. The molecule has 0 aliphatic carbocycles. The van der Waals surface area contributed by atoms with Gasteiger partial charge in [0.15, 0.2) is 11.5 Å². The van der Waals surface area contributed by atoms with Crippen LogP contribution in [0.25, 0.3) is 126 Å². The second kappa shape index (κ2) is 17.2. The highest BCUT2D eigenvalue weighted by Gasteiger charge is 2.29. The van der Waals surface area contributed by atoms with E-state index in [1.165, 1.54) is 87.6 Å². The topological polar surface area (TPSA) is 17.4 Å². The molecule has 3 nitrogen and oxygen atoms in total. The first kappa shape index (κ1) is 43.2. The van der Waals surface area contributed by atoms with E-state index < -0.39 is 0 Å². The minimum atomic E-state index is 0.813. The standard InChI is InChI=1S/C74H46N2O/c1-3-14-47(15-4-1)52-19-11-20-53(42-52)54-21-12-23-58(43-54)76-69-40-32-49-18-7-8-25-62(49)74(69)77-71-41-34-56(46-70(71)76)55-33-39-68-66(45-55)63-26-9-10-27-67(63)75(68)59-24-13-22-57(44-59)61-36-29-51-30-37-64-60(48-16-5-2-6-17-48)35-28-50-31-38-65(61)73(51)72(50)64/h1-46H. The number of hydrogen-bond acceptors (Lipinski definition) is 2. The lowest BCUT2D eigenvalue weighted by molar-refractivity contribution is 0.482. The fourth-order valence-corrected chi connectivity index (χ4v) is 12.5. The van der Waals surface area contributed by atoms with Gasteiger partial charge in [0, 0.05) is 27.5 Å². The van der Waals surface area contributed by atoms with Crippen LogP contribution in [0, 0.1) is 0 Å². The van der Waals surface area contributed by atoms with Gasteiger partial charge in [-0.25, -0.2) is 0 Å². The largest absolute Gasteiger partial charge is 0.452 e. The molecular weight excluding hydrogens is 933 g/mol. The molecule has 0 N–H and O–H groups in total. The average molecular weight is 979 g/mol. The molecule has 0 bridgehead atoms. The van der Waals surface area contributed by atoms with Gasteiger partial charge >= 0.3 is 0 Å². The molecule has 14 aromatic carbocycles. The summed E-state index contributed by atoms with van der Waals surface area (Å²) >= 11 is 0. The van der Waals surface area contributed by atoms with Crippen molar-refractivity contribution in [2.24, 2.45) is 0 Å². The summed E-state index contributed by atoms with van der Waals surface area (Å²) < 4.78 is 9.40. The Morgan fingerprint density at radius 1 is 0.260 bits per heavy atom. The number of fused-ring (bicyclic) bond motifs is 7. The minimum Gasteiger partial charge on any atom is -0.452 e. The van der Waals surface area contributed by atoms with Crippen LogP contribution in [0.2, 0.25) is 0 Å². The Morgan fingerprint density at radius 2 is 0.792 bits per heavy atom. The quantitative estimate of drug-likeness (QED) is 0.148. The number of anilines is 3. The van der Waals surface area contributed by atoms with E-state index in [0.717, 1.165) is 67.2 Å². The van der Waals surface area contributed by atoms with Crippen molar-refractivity contribution < 1.29 is 4.74 Å². The zero-order valence-corrected chi connectivity index (χ0v) is 41.9.